The van der Waals surface area contributed by atoms with Crippen molar-refractivity contribution in [2.75, 3.05) is 13.2 Å². The normalized spacial score (nSPS) is 22.9. The van der Waals surface area contributed by atoms with E-state index in [9.17, 15) is 14.7 Å². The Bertz CT molecular complexity index is 467. The molecule has 0 saturated carbocycles. The molecule has 5 nitrogen and oxygen atoms in total. The Kier molecular flexibility index (Phi) is 4.23. The van der Waals surface area contributed by atoms with E-state index in [2.05, 4.69) is 27.9 Å². The summed E-state index contributed by atoms with van der Waals surface area (Å²) >= 11 is 3.60. The van der Waals surface area contributed by atoms with Gasteiger partial charge in [0.2, 0.25) is 0 Å². The summed E-state index contributed by atoms with van der Waals surface area (Å²) in [5, 5.41) is 11.8. The van der Waals surface area contributed by atoms with Crippen molar-refractivity contribution in [3.63, 3.8) is 0 Å². The van der Waals surface area contributed by atoms with Crippen LogP contribution in [-0.2, 0) is 14.0 Å². The van der Waals surface area contributed by atoms with Gasteiger partial charge >= 0.3 is 5.97 Å². The minimum absolute atomic E-state index is 0.0264. The molecule has 18 heavy (non-hydrogen) atoms. The maximum Gasteiger partial charge on any atom is 0.331 e. The monoisotopic (exact) mass is 381 g/mol. The molecule has 1 aliphatic rings. The Morgan fingerprint density at radius 1 is 1.56 bits per heavy atom. The zero-order valence-electron chi connectivity index (χ0n) is 9.44. The van der Waals surface area contributed by atoms with Gasteiger partial charge in [-0.15, -0.1) is 11.3 Å². The number of ether oxygens (including phenoxy) is 1. The minimum Gasteiger partial charge on any atom is -0.479 e. The van der Waals surface area contributed by atoms with Gasteiger partial charge in [0.15, 0.2) is 5.54 Å². The molecule has 2 heterocycles. The number of hydrogen-bond acceptors (Lipinski definition) is 4. The SMILES string of the molecule is O=C(NC1(C(=O)O)CCOC1)c1ccc(CI)s1. The average Bonchev–Trinajstić information content (AvgIpc) is 2.97. The van der Waals surface area contributed by atoms with Crippen molar-refractivity contribution < 1.29 is 19.4 Å². The Hall–Kier alpha value is -0.670. The van der Waals surface area contributed by atoms with Gasteiger partial charge in [0.1, 0.15) is 0 Å². The van der Waals surface area contributed by atoms with Crippen molar-refractivity contribution in [1.82, 2.24) is 5.32 Å². The zero-order chi connectivity index (χ0) is 13.2. The topological polar surface area (TPSA) is 75.6 Å². The van der Waals surface area contributed by atoms with Gasteiger partial charge in [0, 0.05) is 22.3 Å². The van der Waals surface area contributed by atoms with Crippen LogP contribution in [0.15, 0.2) is 12.1 Å². The van der Waals surface area contributed by atoms with Crippen LogP contribution in [0.5, 0.6) is 0 Å². The molecule has 1 saturated heterocycles. The lowest BCUT2D eigenvalue weighted by atomic mass is 9.99. The minimum atomic E-state index is -1.27. The predicted molar refractivity (Wildman–Crippen MR) is 75.3 cm³/mol. The van der Waals surface area contributed by atoms with E-state index in [0.717, 1.165) is 9.30 Å². The highest BCUT2D eigenvalue weighted by Gasteiger charge is 2.44. The molecule has 1 aliphatic heterocycles. The fourth-order valence-corrected chi connectivity index (χ4v) is 3.21. The third kappa shape index (κ3) is 2.67. The van der Waals surface area contributed by atoms with E-state index in [1.54, 1.807) is 6.07 Å². The zero-order valence-corrected chi connectivity index (χ0v) is 12.4. The van der Waals surface area contributed by atoms with Crippen LogP contribution in [0.25, 0.3) is 0 Å². The van der Waals surface area contributed by atoms with Crippen LogP contribution in [0, 0.1) is 0 Å². The van der Waals surface area contributed by atoms with E-state index in [-0.39, 0.29) is 12.5 Å². The number of hydrogen-bond donors (Lipinski definition) is 2. The van der Waals surface area contributed by atoms with Crippen molar-refractivity contribution in [1.29, 1.82) is 0 Å². The molecule has 1 aromatic heterocycles. The Balaban J connectivity index is 2.12. The van der Waals surface area contributed by atoms with Crippen LogP contribution >= 0.6 is 33.9 Å². The maximum absolute atomic E-state index is 12.0. The van der Waals surface area contributed by atoms with E-state index in [4.69, 9.17) is 4.74 Å². The molecule has 0 radical (unpaired) electrons. The van der Waals surface area contributed by atoms with E-state index < -0.39 is 11.5 Å². The smallest absolute Gasteiger partial charge is 0.331 e. The number of carboxylic acid groups (broad SMARTS) is 1. The molecule has 1 unspecified atom stereocenters. The molecule has 1 aromatic rings. The second-order valence-electron chi connectivity index (χ2n) is 4.04. The third-order valence-corrected chi connectivity index (χ3v) is 5.22. The standard InChI is InChI=1S/C11H12INO4S/c12-5-7-1-2-8(18-7)9(14)13-11(10(15)16)3-4-17-6-11/h1-2H,3-6H2,(H,13,14)(H,15,16). The van der Waals surface area contributed by atoms with Gasteiger partial charge in [-0.1, -0.05) is 22.6 Å². The second-order valence-corrected chi connectivity index (χ2v) is 5.97. The fraction of sp³-hybridized carbons (Fsp3) is 0.455. The molecule has 0 bridgehead atoms. The van der Waals surface area contributed by atoms with Crippen molar-refractivity contribution in [2.45, 2.75) is 16.4 Å². The summed E-state index contributed by atoms with van der Waals surface area (Å²) in [6.07, 6.45) is 0.304. The molecule has 1 fully saturated rings. The molecule has 1 amide bonds. The Morgan fingerprint density at radius 3 is 2.83 bits per heavy atom. The van der Waals surface area contributed by atoms with Crippen LogP contribution in [0.2, 0.25) is 0 Å². The lowest BCUT2D eigenvalue weighted by Crippen LogP contribution is -2.55. The largest absolute Gasteiger partial charge is 0.479 e. The first-order chi connectivity index (χ1) is 8.57. The number of amides is 1. The Morgan fingerprint density at radius 2 is 2.33 bits per heavy atom. The predicted octanol–water partition coefficient (Wildman–Crippen LogP) is 1.66. The molecule has 2 rings (SSSR count). The van der Waals surface area contributed by atoms with Gasteiger partial charge in [0.25, 0.3) is 5.91 Å². The summed E-state index contributed by atoms with van der Waals surface area (Å²) in [5.41, 5.74) is -1.27. The van der Waals surface area contributed by atoms with Crippen LogP contribution in [0.4, 0.5) is 0 Å². The van der Waals surface area contributed by atoms with E-state index >= 15 is 0 Å². The highest BCUT2D eigenvalue weighted by molar-refractivity contribution is 14.1. The van der Waals surface area contributed by atoms with Crippen LogP contribution in [-0.4, -0.2) is 35.7 Å². The summed E-state index contributed by atoms with van der Waals surface area (Å²) in [4.78, 5) is 24.9. The van der Waals surface area contributed by atoms with Crippen molar-refractivity contribution >= 4 is 45.8 Å². The summed E-state index contributed by atoms with van der Waals surface area (Å²) in [5.74, 6) is -1.39. The summed E-state index contributed by atoms with van der Waals surface area (Å²) in [6.45, 7) is 0.384. The van der Waals surface area contributed by atoms with E-state index in [1.807, 2.05) is 6.07 Å². The quantitative estimate of drug-likeness (QED) is 0.615. The first-order valence-corrected chi connectivity index (χ1v) is 7.70. The number of alkyl halides is 1. The fourth-order valence-electron chi connectivity index (χ4n) is 1.74. The van der Waals surface area contributed by atoms with Gasteiger partial charge in [-0.25, -0.2) is 4.79 Å². The Labute approximate surface area is 122 Å². The third-order valence-electron chi connectivity index (χ3n) is 2.80. The molecule has 0 aromatic carbocycles. The lowest BCUT2D eigenvalue weighted by Gasteiger charge is -2.23. The van der Waals surface area contributed by atoms with Gasteiger partial charge in [-0.05, 0) is 12.1 Å². The first-order valence-electron chi connectivity index (χ1n) is 5.36. The highest BCUT2D eigenvalue weighted by Crippen LogP contribution is 2.23. The number of thiophene rings is 1. The summed E-state index contributed by atoms with van der Waals surface area (Å²) in [6, 6.07) is 3.60. The molecule has 7 heteroatoms. The second kappa shape index (κ2) is 5.54. The number of carbonyl (C=O) groups is 2. The number of halogens is 1. The van der Waals surface area contributed by atoms with Gasteiger partial charge in [-0.3, -0.25) is 4.79 Å². The van der Waals surface area contributed by atoms with Gasteiger partial charge in [0.05, 0.1) is 11.5 Å². The van der Waals surface area contributed by atoms with Crippen molar-refractivity contribution in [3.05, 3.63) is 21.9 Å². The number of aliphatic carboxylic acids is 1. The van der Waals surface area contributed by atoms with Crippen LogP contribution < -0.4 is 5.32 Å². The molecule has 1 atom stereocenters. The molecule has 0 aliphatic carbocycles. The maximum atomic E-state index is 12.0. The molecule has 2 N–H and O–H groups in total. The first kappa shape index (κ1) is 13.8. The van der Waals surface area contributed by atoms with Crippen molar-refractivity contribution in [3.8, 4) is 0 Å². The van der Waals surface area contributed by atoms with Gasteiger partial charge in [-0.2, -0.15) is 0 Å². The highest BCUT2D eigenvalue weighted by atomic mass is 127. The van der Waals surface area contributed by atoms with Crippen LogP contribution in [0.3, 0.4) is 0 Å². The lowest BCUT2D eigenvalue weighted by molar-refractivity contribution is -0.144. The molecule has 98 valence electrons. The number of carbonyl (C=O) groups excluding carboxylic acids is 1. The number of rotatable bonds is 4. The summed E-state index contributed by atoms with van der Waals surface area (Å²) in [7, 11) is 0. The van der Waals surface area contributed by atoms with E-state index in [0.29, 0.717) is 17.9 Å². The summed E-state index contributed by atoms with van der Waals surface area (Å²) < 4.78 is 5.93. The van der Waals surface area contributed by atoms with Crippen LogP contribution in [0.1, 0.15) is 21.0 Å². The molecular weight excluding hydrogens is 369 g/mol. The average molecular weight is 381 g/mol. The van der Waals surface area contributed by atoms with E-state index in [1.165, 1.54) is 11.3 Å². The number of carboxylic acids is 1. The van der Waals surface area contributed by atoms with Crippen molar-refractivity contribution in [2.24, 2.45) is 0 Å². The molecular formula is C11H12INO4S. The number of nitrogens with one attached hydrogen (secondary N) is 1. The molecule has 0 spiro atoms. The van der Waals surface area contributed by atoms with Gasteiger partial charge < -0.3 is 15.2 Å².